The molecular formula is C24H29BrN6O2. The van der Waals surface area contributed by atoms with Gasteiger partial charge in [-0.25, -0.2) is 4.98 Å². The molecule has 1 aliphatic heterocycles. The third-order valence-electron chi connectivity index (χ3n) is 6.33. The van der Waals surface area contributed by atoms with Crippen molar-refractivity contribution in [3.63, 3.8) is 0 Å². The minimum atomic E-state index is -0.392. The maximum atomic E-state index is 13.1. The zero-order valence-electron chi connectivity index (χ0n) is 18.9. The Kier molecular flexibility index (Phi) is 6.71. The van der Waals surface area contributed by atoms with E-state index in [1.807, 2.05) is 29.1 Å². The summed E-state index contributed by atoms with van der Waals surface area (Å²) in [7, 11) is 0. The maximum Gasteiger partial charge on any atom is 0.225 e. The molecule has 8 nitrogen and oxygen atoms in total. The maximum absolute atomic E-state index is 13.1. The van der Waals surface area contributed by atoms with E-state index in [-0.39, 0.29) is 5.78 Å². The van der Waals surface area contributed by atoms with Crippen LogP contribution in [-0.2, 0) is 22.5 Å². The third kappa shape index (κ3) is 4.81. The summed E-state index contributed by atoms with van der Waals surface area (Å²) >= 11 is 3.56. The molecule has 33 heavy (non-hydrogen) atoms. The lowest BCUT2D eigenvalue weighted by Crippen LogP contribution is -2.37. The quantitative estimate of drug-likeness (QED) is 0.463. The fourth-order valence-corrected chi connectivity index (χ4v) is 5.08. The van der Waals surface area contributed by atoms with E-state index in [2.05, 4.69) is 43.2 Å². The van der Waals surface area contributed by atoms with Gasteiger partial charge in [0.15, 0.2) is 11.4 Å². The molecule has 5 rings (SSSR count). The average molecular weight is 513 g/mol. The fourth-order valence-electron chi connectivity index (χ4n) is 4.70. The molecule has 1 fully saturated rings. The number of ether oxygens (including phenoxy) is 1. The lowest BCUT2D eigenvalue weighted by atomic mass is 9.95. The largest absolute Gasteiger partial charge is 0.379 e. The van der Waals surface area contributed by atoms with Gasteiger partial charge in [0, 0.05) is 43.3 Å². The van der Waals surface area contributed by atoms with Crippen LogP contribution < -0.4 is 5.32 Å². The molecule has 1 N–H and O–H groups in total. The van der Waals surface area contributed by atoms with Crippen LogP contribution in [0.15, 0.2) is 28.9 Å². The number of nitrogens with zero attached hydrogens (tertiary/aromatic N) is 5. The standard InChI is InChI=1S/C24H29BrN6O2/c1-2-7-31-15-19-22(21-18-14-17(25)5-4-16(18)13-20(21)32)27-24(28-23(19)29-31)26-6-3-8-30-9-11-33-12-10-30/h4-5,14-15,21H,2-3,6-13H2,1H3,(H,26,28,29). The van der Waals surface area contributed by atoms with Crippen LogP contribution in [0.2, 0.25) is 0 Å². The van der Waals surface area contributed by atoms with Gasteiger partial charge < -0.3 is 10.1 Å². The van der Waals surface area contributed by atoms with E-state index in [0.29, 0.717) is 18.0 Å². The van der Waals surface area contributed by atoms with E-state index in [9.17, 15) is 4.79 Å². The minimum Gasteiger partial charge on any atom is -0.379 e. The first-order chi connectivity index (χ1) is 16.1. The van der Waals surface area contributed by atoms with E-state index in [4.69, 9.17) is 9.72 Å². The van der Waals surface area contributed by atoms with E-state index in [1.54, 1.807) is 0 Å². The number of rotatable bonds is 8. The Balaban J connectivity index is 1.43. The number of aryl methyl sites for hydroxylation is 1. The van der Waals surface area contributed by atoms with Gasteiger partial charge >= 0.3 is 0 Å². The number of benzene rings is 1. The van der Waals surface area contributed by atoms with Gasteiger partial charge in [-0.1, -0.05) is 28.9 Å². The summed E-state index contributed by atoms with van der Waals surface area (Å²) in [6.07, 6.45) is 4.38. The number of hydrogen-bond donors (Lipinski definition) is 1. The molecule has 2 aliphatic rings. The normalized spacial score (nSPS) is 18.7. The second-order valence-electron chi connectivity index (χ2n) is 8.72. The van der Waals surface area contributed by atoms with Gasteiger partial charge in [0.05, 0.1) is 30.2 Å². The van der Waals surface area contributed by atoms with E-state index in [0.717, 1.165) is 85.5 Å². The van der Waals surface area contributed by atoms with Gasteiger partial charge in [-0.05, 0) is 42.6 Å². The van der Waals surface area contributed by atoms with Gasteiger partial charge in [0.25, 0.3) is 0 Å². The van der Waals surface area contributed by atoms with Crippen LogP contribution in [0.3, 0.4) is 0 Å². The smallest absolute Gasteiger partial charge is 0.225 e. The predicted octanol–water partition coefficient (Wildman–Crippen LogP) is 3.39. The van der Waals surface area contributed by atoms with Gasteiger partial charge in [-0.15, -0.1) is 0 Å². The lowest BCUT2D eigenvalue weighted by Gasteiger charge is -2.26. The van der Waals surface area contributed by atoms with Crippen molar-refractivity contribution in [3.05, 3.63) is 45.7 Å². The highest BCUT2D eigenvalue weighted by Gasteiger charge is 2.35. The predicted molar refractivity (Wildman–Crippen MR) is 131 cm³/mol. The van der Waals surface area contributed by atoms with Crippen LogP contribution >= 0.6 is 15.9 Å². The highest BCUT2D eigenvalue weighted by molar-refractivity contribution is 9.10. The second kappa shape index (κ2) is 9.87. The number of Topliss-reactive ketones (excluding diaryl/α,β-unsaturated/α-hetero) is 1. The highest BCUT2D eigenvalue weighted by Crippen LogP contribution is 2.39. The molecule has 0 saturated carbocycles. The van der Waals surface area contributed by atoms with Crippen molar-refractivity contribution in [1.82, 2.24) is 24.6 Å². The molecule has 3 aromatic rings. The third-order valence-corrected chi connectivity index (χ3v) is 6.82. The van der Waals surface area contributed by atoms with Crippen molar-refractivity contribution in [2.75, 3.05) is 44.7 Å². The van der Waals surface area contributed by atoms with Crippen molar-refractivity contribution in [3.8, 4) is 0 Å². The van der Waals surface area contributed by atoms with E-state index >= 15 is 0 Å². The summed E-state index contributed by atoms with van der Waals surface area (Å²) in [6.45, 7) is 8.29. The topological polar surface area (TPSA) is 85.2 Å². The van der Waals surface area contributed by atoms with Crippen molar-refractivity contribution in [1.29, 1.82) is 0 Å². The molecule has 0 radical (unpaired) electrons. The summed E-state index contributed by atoms with van der Waals surface area (Å²) in [5.41, 5.74) is 3.48. The van der Waals surface area contributed by atoms with Crippen LogP contribution in [-0.4, -0.2) is 69.8 Å². The Morgan fingerprint density at radius 1 is 1.21 bits per heavy atom. The zero-order valence-corrected chi connectivity index (χ0v) is 20.5. The summed E-state index contributed by atoms with van der Waals surface area (Å²) in [6, 6.07) is 6.07. The van der Waals surface area contributed by atoms with Crippen LogP contribution in [0.25, 0.3) is 11.0 Å². The Bertz CT molecular complexity index is 1160. The fraction of sp³-hybridized carbons (Fsp3) is 0.500. The summed E-state index contributed by atoms with van der Waals surface area (Å²) in [4.78, 5) is 25.1. The number of fused-ring (bicyclic) bond motifs is 2. The average Bonchev–Trinajstić information content (AvgIpc) is 3.36. The summed E-state index contributed by atoms with van der Waals surface area (Å²) in [5.74, 6) is 0.318. The highest BCUT2D eigenvalue weighted by atomic mass is 79.9. The van der Waals surface area contributed by atoms with Gasteiger partial charge in [-0.3, -0.25) is 14.4 Å². The molecule has 174 valence electrons. The first kappa shape index (κ1) is 22.4. The Morgan fingerprint density at radius 2 is 2.06 bits per heavy atom. The molecule has 0 bridgehead atoms. The number of anilines is 1. The monoisotopic (exact) mass is 512 g/mol. The number of morpholine rings is 1. The summed E-state index contributed by atoms with van der Waals surface area (Å²) < 4.78 is 8.30. The molecule has 0 amide bonds. The zero-order chi connectivity index (χ0) is 22.8. The Labute approximate surface area is 201 Å². The molecule has 0 spiro atoms. The van der Waals surface area contributed by atoms with Crippen LogP contribution in [0.1, 0.15) is 42.5 Å². The Morgan fingerprint density at radius 3 is 2.88 bits per heavy atom. The number of hydrogen-bond acceptors (Lipinski definition) is 7. The molecule has 1 atom stereocenters. The second-order valence-corrected chi connectivity index (χ2v) is 9.63. The van der Waals surface area contributed by atoms with Gasteiger partial charge in [0.2, 0.25) is 5.95 Å². The molecule has 9 heteroatoms. The van der Waals surface area contributed by atoms with Crippen molar-refractivity contribution in [2.45, 2.75) is 38.6 Å². The number of carbonyl (C=O) groups is 1. The first-order valence-electron chi connectivity index (χ1n) is 11.7. The lowest BCUT2D eigenvalue weighted by molar-refractivity contribution is -0.118. The molecule has 3 heterocycles. The molecule has 1 aliphatic carbocycles. The van der Waals surface area contributed by atoms with Gasteiger partial charge in [0.1, 0.15) is 0 Å². The Hall–Kier alpha value is -2.36. The van der Waals surface area contributed by atoms with E-state index in [1.165, 1.54) is 0 Å². The molecule has 1 saturated heterocycles. The van der Waals surface area contributed by atoms with Crippen LogP contribution in [0.4, 0.5) is 5.95 Å². The number of halogens is 1. The molecule has 1 aromatic carbocycles. The van der Waals surface area contributed by atoms with Crippen molar-refractivity contribution >= 4 is 38.7 Å². The molecule has 1 unspecified atom stereocenters. The number of carbonyl (C=O) groups excluding carboxylic acids is 1. The van der Waals surface area contributed by atoms with Crippen molar-refractivity contribution < 1.29 is 9.53 Å². The minimum absolute atomic E-state index is 0.171. The van der Waals surface area contributed by atoms with Crippen LogP contribution in [0.5, 0.6) is 0 Å². The molecule has 2 aromatic heterocycles. The SMILES string of the molecule is CCCn1cc2c(C3C(=O)Cc4ccc(Br)cc43)nc(NCCCN3CCOCC3)nc2n1. The molecular weight excluding hydrogens is 484 g/mol. The van der Waals surface area contributed by atoms with E-state index < -0.39 is 5.92 Å². The van der Waals surface area contributed by atoms with Crippen molar-refractivity contribution in [2.24, 2.45) is 0 Å². The number of aromatic nitrogens is 4. The summed E-state index contributed by atoms with van der Waals surface area (Å²) in [5, 5.41) is 8.92. The number of ketones is 1. The van der Waals surface area contributed by atoms with Crippen LogP contribution in [0, 0.1) is 0 Å². The first-order valence-corrected chi connectivity index (χ1v) is 12.5. The number of nitrogens with one attached hydrogen (secondary N) is 1. The van der Waals surface area contributed by atoms with Gasteiger partial charge in [-0.2, -0.15) is 10.1 Å².